The molecule has 0 fully saturated rings. The molecular formula is C15H16N2O4. The summed E-state index contributed by atoms with van der Waals surface area (Å²) in [6.07, 6.45) is 0. The number of benzene rings is 1. The van der Waals surface area contributed by atoms with Crippen molar-refractivity contribution in [1.82, 2.24) is 4.98 Å². The van der Waals surface area contributed by atoms with Gasteiger partial charge in [0.1, 0.15) is 5.82 Å². The van der Waals surface area contributed by atoms with Gasteiger partial charge in [0, 0.05) is 12.7 Å². The molecule has 1 aromatic carbocycles. The van der Waals surface area contributed by atoms with Crippen LogP contribution in [0.2, 0.25) is 0 Å². The van der Waals surface area contributed by atoms with E-state index in [2.05, 4.69) is 10.3 Å². The molecule has 0 saturated carbocycles. The number of carbonyl (C=O) groups is 2. The van der Waals surface area contributed by atoms with E-state index < -0.39 is 11.9 Å². The van der Waals surface area contributed by atoms with E-state index in [1.807, 2.05) is 32.2 Å². The zero-order chi connectivity index (χ0) is 15.8. The van der Waals surface area contributed by atoms with E-state index in [1.54, 1.807) is 0 Å². The third-order valence-corrected chi connectivity index (χ3v) is 2.50. The van der Waals surface area contributed by atoms with Crippen molar-refractivity contribution in [2.75, 3.05) is 12.4 Å². The smallest absolute Gasteiger partial charge is 0.335 e. The highest BCUT2D eigenvalue weighted by atomic mass is 16.4. The maximum absolute atomic E-state index is 10.4. The topological polar surface area (TPSA) is 99.5 Å². The Morgan fingerprint density at radius 2 is 1.52 bits per heavy atom. The summed E-state index contributed by atoms with van der Waals surface area (Å²) in [5.41, 5.74) is 1.01. The number of aryl methyl sites for hydroxylation is 1. The number of anilines is 1. The summed E-state index contributed by atoms with van der Waals surface area (Å²) in [7, 11) is 1.86. The van der Waals surface area contributed by atoms with E-state index in [-0.39, 0.29) is 11.1 Å². The minimum Gasteiger partial charge on any atom is -0.478 e. The van der Waals surface area contributed by atoms with Crippen molar-refractivity contribution >= 4 is 17.8 Å². The second-order valence-corrected chi connectivity index (χ2v) is 4.11. The number of hydrogen-bond acceptors (Lipinski definition) is 4. The van der Waals surface area contributed by atoms with E-state index in [9.17, 15) is 9.59 Å². The zero-order valence-electron chi connectivity index (χ0n) is 11.7. The van der Waals surface area contributed by atoms with Gasteiger partial charge in [-0.15, -0.1) is 0 Å². The molecule has 0 unspecified atom stereocenters. The van der Waals surface area contributed by atoms with Gasteiger partial charge in [0.15, 0.2) is 0 Å². The number of rotatable bonds is 3. The average Bonchev–Trinajstić information content (AvgIpc) is 2.48. The molecule has 2 aromatic rings. The Kier molecular flexibility index (Phi) is 5.88. The van der Waals surface area contributed by atoms with Crippen molar-refractivity contribution in [1.29, 1.82) is 0 Å². The van der Waals surface area contributed by atoms with Crippen LogP contribution in [0.1, 0.15) is 26.4 Å². The van der Waals surface area contributed by atoms with Gasteiger partial charge >= 0.3 is 11.9 Å². The number of carboxylic acids is 2. The molecular weight excluding hydrogens is 272 g/mol. The molecule has 0 bridgehead atoms. The van der Waals surface area contributed by atoms with E-state index in [0.29, 0.717) is 0 Å². The van der Waals surface area contributed by atoms with Crippen molar-refractivity contribution in [2.24, 2.45) is 0 Å². The zero-order valence-corrected chi connectivity index (χ0v) is 11.7. The van der Waals surface area contributed by atoms with Crippen LogP contribution in [0.4, 0.5) is 5.82 Å². The molecule has 0 amide bonds. The molecule has 6 nitrogen and oxygen atoms in total. The Labute approximate surface area is 122 Å². The highest BCUT2D eigenvalue weighted by Crippen LogP contribution is 2.04. The minimum atomic E-state index is -1.13. The predicted octanol–water partition coefficient (Wildman–Crippen LogP) is 2.51. The number of nitrogens with zero attached hydrogens (tertiary/aromatic N) is 1. The van der Waals surface area contributed by atoms with Crippen LogP contribution in [-0.2, 0) is 0 Å². The van der Waals surface area contributed by atoms with Crippen LogP contribution >= 0.6 is 0 Å². The molecule has 3 N–H and O–H groups in total. The first kappa shape index (κ1) is 16.2. The molecule has 0 spiro atoms. The summed E-state index contributed by atoms with van der Waals surface area (Å²) < 4.78 is 0. The molecule has 21 heavy (non-hydrogen) atoms. The monoisotopic (exact) mass is 288 g/mol. The molecule has 0 aliphatic rings. The second-order valence-electron chi connectivity index (χ2n) is 4.11. The largest absolute Gasteiger partial charge is 0.478 e. The average molecular weight is 288 g/mol. The molecule has 0 saturated heterocycles. The lowest BCUT2D eigenvalue weighted by Crippen LogP contribution is -2.01. The van der Waals surface area contributed by atoms with E-state index in [4.69, 9.17) is 10.2 Å². The molecule has 1 aromatic heterocycles. The Bertz CT molecular complexity index is 612. The first-order chi connectivity index (χ1) is 9.93. The van der Waals surface area contributed by atoms with Crippen molar-refractivity contribution in [3.63, 3.8) is 0 Å². The van der Waals surface area contributed by atoms with Gasteiger partial charge in [0.05, 0.1) is 11.1 Å². The summed E-state index contributed by atoms with van der Waals surface area (Å²) in [5, 5.41) is 20.0. The summed E-state index contributed by atoms with van der Waals surface area (Å²) in [6, 6.07) is 11.1. The number of aromatic nitrogens is 1. The van der Waals surface area contributed by atoms with Crippen molar-refractivity contribution in [3.05, 3.63) is 59.3 Å². The van der Waals surface area contributed by atoms with E-state index in [1.165, 1.54) is 18.2 Å². The van der Waals surface area contributed by atoms with Crippen molar-refractivity contribution in [3.8, 4) is 0 Å². The Morgan fingerprint density at radius 3 is 1.90 bits per heavy atom. The minimum absolute atomic E-state index is 0.0186. The third-order valence-electron chi connectivity index (χ3n) is 2.50. The fourth-order valence-electron chi connectivity index (χ4n) is 1.47. The summed E-state index contributed by atoms with van der Waals surface area (Å²) in [6.45, 7) is 1.97. The van der Waals surface area contributed by atoms with Gasteiger partial charge in [-0.3, -0.25) is 0 Å². The molecule has 0 radical (unpaired) electrons. The molecule has 0 aliphatic heterocycles. The normalized spacial score (nSPS) is 9.24. The van der Waals surface area contributed by atoms with Gasteiger partial charge in [0.2, 0.25) is 0 Å². The molecule has 0 aliphatic carbocycles. The van der Waals surface area contributed by atoms with Gasteiger partial charge in [0.25, 0.3) is 0 Å². The number of hydrogen-bond donors (Lipinski definition) is 3. The molecule has 2 rings (SSSR count). The van der Waals surface area contributed by atoms with E-state index >= 15 is 0 Å². The van der Waals surface area contributed by atoms with Crippen LogP contribution in [-0.4, -0.2) is 34.2 Å². The summed E-state index contributed by atoms with van der Waals surface area (Å²) in [4.78, 5) is 24.9. The highest BCUT2D eigenvalue weighted by Gasteiger charge is 2.06. The third kappa shape index (κ3) is 5.32. The maximum Gasteiger partial charge on any atom is 0.335 e. The fourth-order valence-corrected chi connectivity index (χ4v) is 1.47. The number of aromatic carboxylic acids is 2. The maximum atomic E-state index is 10.4. The van der Waals surface area contributed by atoms with Gasteiger partial charge in [-0.2, -0.15) is 0 Å². The first-order valence-corrected chi connectivity index (χ1v) is 6.12. The van der Waals surface area contributed by atoms with Crippen LogP contribution in [0.25, 0.3) is 0 Å². The van der Waals surface area contributed by atoms with Gasteiger partial charge in [-0.1, -0.05) is 12.1 Å². The van der Waals surface area contributed by atoms with Gasteiger partial charge in [-0.05, 0) is 37.3 Å². The number of carboxylic acid groups (broad SMARTS) is 2. The van der Waals surface area contributed by atoms with Crippen molar-refractivity contribution in [2.45, 2.75) is 6.92 Å². The van der Waals surface area contributed by atoms with Crippen LogP contribution in [0.3, 0.4) is 0 Å². The fraction of sp³-hybridized carbons (Fsp3) is 0.133. The molecule has 6 heteroatoms. The van der Waals surface area contributed by atoms with Gasteiger partial charge < -0.3 is 15.5 Å². The lowest BCUT2D eigenvalue weighted by molar-refractivity contribution is 0.0696. The lowest BCUT2D eigenvalue weighted by Gasteiger charge is -1.97. The standard InChI is InChI=1S/C8H6O4.C7H10N2/c9-7(10)5-2-1-3-6(4-5)8(11)12;1-6-4-3-5-7(8-2)9-6/h1-4H,(H,9,10)(H,11,12);3-5H,1-2H3,(H,8,9). The lowest BCUT2D eigenvalue weighted by atomic mass is 10.1. The SMILES string of the molecule is CNc1cccc(C)n1.O=C(O)c1cccc(C(=O)O)c1. The van der Waals surface area contributed by atoms with E-state index in [0.717, 1.165) is 17.6 Å². The molecule has 110 valence electrons. The Balaban J connectivity index is 0.000000219. The Morgan fingerprint density at radius 1 is 1.00 bits per heavy atom. The highest BCUT2D eigenvalue weighted by molar-refractivity contribution is 5.93. The van der Waals surface area contributed by atoms with Gasteiger partial charge in [-0.25, -0.2) is 14.6 Å². The van der Waals surface area contributed by atoms with Crippen LogP contribution < -0.4 is 5.32 Å². The first-order valence-electron chi connectivity index (χ1n) is 6.12. The van der Waals surface area contributed by atoms with Crippen LogP contribution in [0, 0.1) is 6.92 Å². The van der Waals surface area contributed by atoms with Crippen LogP contribution in [0.15, 0.2) is 42.5 Å². The predicted molar refractivity (Wildman–Crippen MR) is 78.9 cm³/mol. The number of nitrogens with one attached hydrogen (secondary N) is 1. The van der Waals surface area contributed by atoms with Crippen molar-refractivity contribution < 1.29 is 19.8 Å². The van der Waals surface area contributed by atoms with Crippen LogP contribution in [0.5, 0.6) is 0 Å². The molecule has 1 heterocycles. The molecule has 0 atom stereocenters. The number of pyridine rings is 1. The summed E-state index contributed by atoms with van der Waals surface area (Å²) >= 11 is 0. The summed E-state index contributed by atoms with van der Waals surface area (Å²) in [5.74, 6) is -1.33. The second kappa shape index (κ2) is 7.64. The quantitative estimate of drug-likeness (QED) is 0.802. The Hall–Kier alpha value is -2.89.